The summed E-state index contributed by atoms with van der Waals surface area (Å²) in [5.74, 6) is 0.783. The molecule has 9 heteroatoms. The highest BCUT2D eigenvalue weighted by Gasteiger charge is 2.37. The van der Waals surface area contributed by atoms with Crippen molar-refractivity contribution in [3.63, 3.8) is 0 Å². The lowest BCUT2D eigenvalue weighted by atomic mass is 9.89. The summed E-state index contributed by atoms with van der Waals surface area (Å²) in [6.45, 7) is 4.81. The van der Waals surface area contributed by atoms with Gasteiger partial charge in [0.1, 0.15) is 0 Å². The van der Waals surface area contributed by atoms with Crippen LogP contribution < -0.4 is 21.1 Å². The first-order valence-corrected chi connectivity index (χ1v) is 8.24. The molecule has 0 aromatic carbocycles. The number of ether oxygens (including phenoxy) is 1. The maximum Gasteiger partial charge on any atom is 0.232 e. The number of aliphatic imine (C=N–C) groups is 1. The van der Waals surface area contributed by atoms with Gasteiger partial charge in [0, 0.05) is 12.7 Å². The molecule has 1 amide bonds. The number of carbonyl (C=O) groups is 1. The number of aromatic nitrogens is 2. The second-order valence-corrected chi connectivity index (χ2v) is 6.58. The lowest BCUT2D eigenvalue weighted by Crippen LogP contribution is -2.31. The average Bonchev–Trinajstić information content (AvgIpc) is 2.91. The maximum absolute atomic E-state index is 11.9. The standard InChI is InChI=1S/C15H21BrN6O2/c1-9(20-8-15(2)4-5-18-13(15)23)11(6-17)21-14-19-7-10(16)12(22-14)24-3/h6-7H,4-5,8,17H2,1-3H3,(H,18,23)(H,19,21,22)/b11-6+,20-9?/t15-/m1/s1. The quantitative estimate of drug-likeness (QED) is 0.626. The Hall–Kier alpha value is -2.16. The zero-order valence-corrected chi connectivity index (χ0v) is 15.5. The molecule has 0 spiro atoms. The third-order valence-electron chi connectivity index (χ3n) is 3.88. The number of hydrogen-bond acceptors (Lipinski definition) is 7. The van der Waals surface area contributed by atoms with Crippen molar-refractivity contribution in [3.05, 3.63) is 22.6 Å². The van der Waals surface area contributed by atoms with Gasteiger partial charge in [0.25, 0.3) is 0 Å². The van der Waals surface area contributed by atoms with Crippen molar-refractivity contribution in [3.8, 4) is 5.88 Å². The molecule has 0 radical (unpaired) electrons. The Balaban J connectivity index is 2.10. The summed E-state index contributed by atoms with van der Waals surface area (Å²) < 4.78 is 5.79. The third kappa shape index (κ3) is 4.02. The minimum Gasteiger partial charge on any atom is -0.480 e. The van der Waals surface area contributed by atoms with Gasteiger partial charge in [-0.05, 0) is 36.2 Å². The lowest BCUT2D eigenvalue weighted by molar-refractivity contribution is -0.126. The van der Waals surface area contributed by atoms with Crippen molar-refractivity contribution >= 4 is 33.5 Å². The molecular formula is C15H21BrN6O2. The zero-order chi connectivity index (χ0) is 17.7. The molecule has 2 rings (SSSR count). The molecule has 24 heavy (non-hydrogen) atoms. The Morgan fingerprint density at radius 2 is 2.42 bits per heavy atom. The zero-order valence-electron chi connectivity index (χ0n) is 13.9. The Morgan fingerprint density at radius 1 is 1.67 bits per heavy atom. The van der Waals surface area contributed by atoms with E-state index in [1.54, 1.807) is 6.20 Å². The SMILES string of the molecule is COc1nc(N/C(=C/N)C(C)=NC[C@@]2(C)CCNC2=O)ncc1Br. The number of rotatable bonds is 6. The highest BCUT2D eigenvalue weighted by atomic mass is 79.9. The molecule has 1 aliphatic heterocycles. The molecule has 1 atom stereocenters. The molecule has 1 fully saturated rings. The molecular weight excluding hydrogens is 376 g/mol. The number of nitrogens with one attached hydrogen (secondary N) is 2. The Labute approximate surface area is 149 Å². The maximum atomic E-state index is 11.9. The summed E-state index contributed by atoms with van der Waals surface area (Å²) in [5.41, 5.74) is 6.45. The number of anilines is 1. The van der Waals surface area contributed by atoms with Gasteiger partial charge in [-0.15, -0.1) is 0 Å². The van der Waals surface area contributed by atoms with Crippen LogP contribution in [0.25, 0.3) is 0 Å². The summed E-state index contributed by atoms with van der Waals surface area (Å²) in [5, 5.41) is 5.84. The molecule has 1 aliphatic rings. The van der Waals surface area contributed by atoms with Crippen LogP contribution >= 0.6 is 15.9 Å². The van der Waals surface area contributed by atoms with Crippen LogP contribution in [0.5, 0.6) is 5.88 Å². The molecule has 0 unspecified atom stereocenters. The molecule has 2 heterocycles. The van der Waals surface area contributed by atoms with Gasteiger partial charge in [-0.1, -0.05) is 0 Å². The predicted octanol–water partition coefficient (Wildman–Crippen LogP) is 1.45. The molecule has 8 nitrogen and oxygen atoms in total. The van der Waals surface area contributed by atoms with Crippen molar-refractivity contribution in [1.29, 1.82) is 0 Å². The number of halogens is 1. The van der Waals surface area contributed by atoms with E-state index in [0.717, 1.165) is 6.42 Å². The van der Waals surface area contributed by atoms with E-state index in [-0.39, 0.29) is 5.91 Å². The molecule has 0 bridgehead atoms. The Bertz CT molecular complexity index is 691. The monoisotopic (exact) mass is 396 g/mol. The van der Waals surface area contributed by atoms with Crippen LogP contribution in [-0.4, -0.2) is 41.8 Å². The molecule has 1 aromatic heterocycles. The fourth-order valence-corrected chi connectivity index (χ4v) is 2.59. The van der Waals surface area contributed by atoms with Gasteiger partial charge in [-0.25, -0.2) is 4.98 Å². The summed E-state index contributed by atoms with van der Waals surface area (Å²) >= 11 is 3.30. The van der Waals surface area contributed by atoms with Crippen LogP contribution in [0.1, 0.15) is 20.3 Å². The summed E-state index contributed by atoms with van der Waals surface area (Å²) in [7, 11) is 1.52. The highest BCUT2D eigenvalue weighted by Crippen LogP contribution is 2.26. The van der Waals surface area contributed by atoms with Crippen LogP contribution in [0.4, 0.5) is 5.95 Å². The van der Waals surface area contributed by atoms with Crippen molar-refractivity contribution in [2.45, 2.75) is 20.3 Å². The second kappa shape index (κ2) is 7.61. The van der Waals surface area contributed by atoms with E-state index in [2.05, 4.69) is 41.5 Å². The van der Waals surface area contributed by atoms with Crippen LogP contribution in [0.15, 0.2) is 27.6 Å². The molecule has 1 aromatic rings. The Morgan fingerprint density at radius 3 is 3.00 bits per heavy atom. The molecule has 130 valence electrons. The van der Waals surface area contributed by atoms with Crippen LogP contribution in [0.3, 0.4) is 0 Å². The van der Waals surface area contributed by atoms with Crippen molar-refractivity contribution in [1.82, 2.24) is 15.3 Å². The van der Waals surface area contributed by atoms with Gasteiger partial charge in [-0.2, -0.15) is 4.98 Å². The fraction of sp³-hybridized carbons (Fsp3) is 0.467. The van der Waals surface area contributed by atoms with E-state index in [1.165, 1.54) is 13.3 Å². The van der Waals surface area contributed by atoms with Crippen LogP contribution in [-0.2, 0) is 4.79 Å². The van der Waals surface area contributed by atoms with E-state index in [4.69, 9.17) is 10.5 Å². The molecule has 4 N–H and O–H groups in total. The number of amides is 1. The molecule has 1 saturated heterocycles. The first-order chi connectivity index (χ1) is 11.4. The van der Waals surface area contributed by atoms with Gasteiger partial charge >= 0.3 is 0 Å². The van der Waals surface area contributed by atoms with Gasteiger partial charge in [0.15, 0.2) is 0 Å². The Kier molecular flexibility index (Phi) is 5.76. The minimum atomic E-state index is -0.474. The van der Waals surface area contributed by atoms with Gasteiger partial charge < -0.3 is 21.1 Å². The topological polar surface area (TPSA) is 115 Å². The number of methoxy groups -OCH3 is 1. The lowest BCUT2D eigenvalue weighted by Gasteiger charge is -2.18. The molecule has 0 saturated carbocycles. The fourth-order valence-electron chi connectivity index (χ4n) is 2.24. The van der Waals surface area contributed by atoms with E-state index >= 15 is 0 Å². The normalized spacial score (nSPS) is 21.6. The smallest absolute Gasteiger partial charge is 0.232 e. The second-order valence-electron chi connectivity index (χ2n) is 5.72. The summed E-state index contributed by atoms with van der Waals surface area (Å²) in [6, 6.07) is 0. The van der Waals surface area contributed by atoms with Crippen molar-refractivity contribution in [2.24, 2.45) is 16.1 Å². The number of nitrogens with zero attached hydrogens (tertiary/aromatic N) is 3. The highest BCUT2D eigenvalue weighted by molar-refractivity contribution is 9.10. The van der Waals surface area contributed by atoms with Crippen LogP contribution in [0, 0.1) is 5.41 Å². The first kappa shape index (κ1) is 18.2. The number of allylic oxidation sites excluding steroid dienone is 1. The van der Waals surface area contributed by atoms with Gasteiger partial charge in [0.2, 0.25) is 17.7 Å². The minimum absolute atomic E-state index is 0.0336. The summed E-state index contributed by atoms with van der Waals surface area (Å²) in [4.78, 5) is 24.7. The van der Waals surface area contributed by atoms with Gasteiger partial charge in [0.05, 0.1) is 41.1 Å². The third-order valence-corrected chi connectivity index (χ3v) is 4.43. The number of carbonyl (C=O) groups excluding carboxylic acids is 1. The van der Waals surface area contributed by atoms with Crippen molar-refractivity contribution in [2.75, 3.05) is 25.5 Å². The van der Waals surface area contributed by atoms with Crippen LogP contribution in [0.2, 0.25) is 0 Å². The van der Waals surface area contributed by atoms with Crippen molar-refractivity contribution < 1.29 is 9.53 Å². The predicted molar refractivity (Wildman–Crippen MR) is 95.9 cm³/mol. The van der Waals surface area contributed by atoms with Gasteiger partial charge in [-0.3, -0.25) is 9.79 Å². The summed E-state index contributed by atoms with van der Waals surface area (Å²) in [6.07, 6.45) is 3.75. The number of hydrogen-bond donors (Lipinski definition) is 3. The average molecular weight is 397 g/mol. The van der Waals surface area contributed by atoms with E-state index < -0.39 is 5.41 Å². The van der Waals surface area contributed by atoms with E-state index in [9.17, 15) is 4.79 Å². The number of nitrogens with two attached hydrogens (primary N) is 1. The molecule has 0 aliphatic carbocycles. The largest absolute Gasteiger partial charge is 0.480 e. The van der Waals surface area contributed by atoms with E-state index in [0.29, 0.717) is 40.8 Å². The van der Waals surface area contributed by atoms with E-state index in [1.807, 2.05) is 13.8 Å². The first-order valence-electron chi connectivity index (χ1n) is 7.45.